The smallest absolute Gasteiger partial charge is 0.178 e. The quantitative estimate of drug-likeness (QED) is 0.440. The minimum atomic E-state index is -3.27. The fourth-order valence-electron chi connectivity index (χ4n) is 4.06. The summed E-state index contributed by atoms with van der Waals surface area (Å²) in [6, 6.07) is 29.2. The molecule has 0 bridgehead atoms. The van der Waals surface area contributed by atoms with Crippen molar-refractivity contribution in [3.8, 4) is 5.75 Å². The highest BCUT2D eigenvalue weighted by molar-refractivity contribution is 7.90. The molecule has 0 saturated heterocycles. The van der Waals surface area contributed by atoms with Gasteiger partial charge in [-0.05, 0) is 41.1 Å². The summed E-state index contributed by atoms with van der Waals surface area (Å²) in [6.07, 6.45) is 5.39. The Morgan fingerprint density at radius 2 is 1.40 bits per heavy atom. The molecule has 4 aromatic rings. The monoisotopic (exact) mass is 412 g/mol. The van der Waals surface area contributed by atoms with Crippen LogP contribution in [0, 0.1) is 0 Å². The van der Waals surface area contributed by atoms with Gasteiger partial charge in [0, 0.05) is 22.9 Å². The Labute approximate surface area is 176 Å². The summed E-state index contributed by atoms with van der Waals surface area (Å²) in [6.45, 7) is 0. The van der Waals surface area contributed by atoms with Gasteiger partial charge in [-0.25, -0.2) is 8.42 Å². The van der Waals surface area contributed by atoms with Gasteiger partial charge in [0.25, 0.3) is 0 Å². The molecular formula is C26H20O3S. The molecule has 4 heteroatoms. The zero-order chi connectivity index (χ0) is 20.8. The first-order chi connectivity index (χ1) is 14.5. The Hall–Kier alpha value is -3.37. The molecule has 148 valence electrons. The van der Waals surface area contributed by atoms with Crippen molar-refractivity contribution >= 4 is 26.7 Å². The molecule has 0 N–H and O–H groups in total. The van der Waals surface area contributed by atoms with Gasteiger partial charge in [-0.15, -0.1) is 0 Å². The second-order valence-electron chi connectivity index (χ2n) is 7.53. The van der Waals surface area contributed by atoms with E-state index in [1.165, 1.54) is 6.26 Å². The van der Waals surface area contributed by atoms with Gasteiger partial charge in [0.15, 0.2) is 15.4 Å². The Bertz CT molecular complexity index is 1370. The SMILES string of the molecule is CS(=O)(=O)c1ccc(C2(c3ccccc3)C=Cc3c(ccc4ccccc34)O2)cc1. The summed E-state index contributed by atoms with van der Waals surface area (Å²) >= 11 is 0. The van der Waals surface area contributed by atoms with Crippen LogP contribution in [0.1, 0.15) is 16.7 Å². The van der Waals surface area contributed by atoms with E-state index in [0.29, 0.717) is 4.90 Å². The van der Waals surface area contributed by atoms with Gasteiger partial charge in [0.2, 0.25) is 0 Å². The standard InChI is InChI=1S/C26H20O3S/c1-30(27,28)22-14-12-21(13-15-22)26(20-8-3-2-4-9-20)18-17-24-23-10-6-5-7-19(23)11-16-25(24)29-26/h2-18H,1H3. The minimum absolute atomic E-state index is 0.292. The summed E-state index contributed by atoms with van der Waals surface area (Å²) in [5, 5.41) is 2.30. The van der Waals surface area contributed by atoms with Gasteiger partial charge in [0.05, 0.1) is 4.90 Å². The average molecular weight is 413 g/mol. The van der Waals surface area contributed by atoms with Crippen LogP contribution in [-0.2, 0) is 15.4 Å². The van der Waals surface area contributed by atoms with Gasteiger partial charge in [0.1, 0.15) is 5.75 Å². The van der Waals surface area contributed by atoms with E-state index in [0.717, 1.165) is 33.2 Å². The first-order valence-electron chi connectivity index (χ1n) is 9.73. The third-order valence-corrected chi connectivity index (χ3v) is 6.73. The summed E-state index contributed by atoms with van der Waals surface area (Å²) in [5.41, 5.74) is 2.06. The predicted molar refractivity (Wildman–Crippen MR) is 120 cm³/mol. The van der Waals surface area contributed by atoms with E-state index >= 15 is 0 Å². The number of fused-ring (bicyclic) bond motifs is 3. The number of hydrogen-bond donors (Lipinski definition) is 0. The maximum absolute atomic E-state index is 11.9. The van der Waals surface area contributed by atoms with Crippen molar-refractivity contribution in [2.45, 2.75) is 10.5 Å². The topological polar surface area (TPSA) is 43.4 Å². The van der Waals surface area contributed by atoms with Crippen molar-refractivity contribution in [3.05, 3.63) is 114 Å². The summed E-state index contributed by atoms with van der Waals surface area (Å²) in [7, 11) is -3.27. The third kappa shape index (κ3) is 3.01. The molecule has 0 aromatic heterocycles. The largest absolute Gasteiger partial charge is 0.473 e. The maximum Gasteiger partial charge on any atom is 0.178 e. The first-order valence-corrected chi connectivity index (χ1v) is 11.6. The normalized spacial score (nSPS) is 18.0. The lowest BCUT2D eigenvalue weighted by molar-refractivity contribution is 0.161. The molecule has 1 atom stereocenters. The summed E-state index contributed by atoms with van der Waals surface area (Å²) in [4.78, 5) is 0.292. The molecule has 0 fully saturated rings. The van der Waals surface area contributed by atoms with Crippen LogP contribution < -0.4 is 4.74 Å². The van der Waals surface area contributed by atoms with Crippen LogP contribution in [0.5, 0.6) is 5.75 Å². The second-order valence-corrected chi connectivity index (χ2v) is 9.55. The fourth-order valence-corrected chi connectivity index (χ4v) is 4.69. The highest BCUT2D eigenvalue weighted by Gasteiger charge is 2.37. The van der Waals surface area contributed by atoms with Crippen LogP contribution in [0.3, 0.4) is 0 Å². The van der Waals surface area contributed by atoms with Gasteiger partial charge in [-0.3, -0.25) is 0 Å². The van der Waals surface area contributed by atoms with Crippen molar-refractivity contribution in [1.82, 2.24) is 0 Å². The van der Waals surface area contributed by atoms with Crippen molar-refractivity contribution in [2.75, 3.05) is 6.26 Å². The Morgan fingerprint density at radius 3 is 2.13 bits per heavy atom. The Kier molecular flexibility index (Phi) is 4.26. The van der Waals surface area contributed by atoms with Crippen LogP contribution in [0.25, 0.3) is 16.8 Å². The highest BCUT2D eigenvalue weighted by Crippen LogP contribution is 2.44. The van der Waals surface area contributed by atoms with Crippen LogP contribution >= 0.6 is 0 Å². The lowest BCUT2D eigenvalue weighted by atomic mass is 9.83. The molecule has 5 rings (SSSR count). The zero-order valence-electron chi connectivity index (χ0n) is 16.4. The minimum Gasteiger partial charge on any atom is -0.473 e. The molecule has 30 heavy (non-hydrogen) atoms. The van der Waals surface area contributed by atoms with Gasteiger partial charge in [-0.1, -0.05) is 72.8 Å². The predicted octanol–water partition coefficient (Wildman–Crippen LogP) is 5.59. The molecule has 1 aliphatic heterocycles. The molecule has 0 aliphatic carbocycles. The van der Waals surface area contributed by atoms with E-state index in [9.17, 15) is 8.42 Å². The molecule has 3 nitrogen and oxygen atoms in total. The zero-order valence-corrected chi connectivity index (χ0v) is 17.3. The van der Waals surface area contributed by atoms with E-state index in [-0.39, 0.29) is 0 Å². The maximum atomic E-state index is 11.9. The second kappa shape index (κ2) is 6.85. The average Bonchev–Trinajstić information content (AvgIpc) is 2.78. The van der Waals surface area contributed by atoms with Gasteiger partial charge >= 0.3 is 0 Å². The van der Waals surface area contributed by atoms with Crippen molar-refractivity contribution in [2.24, 2.45) is 0 Å². The fraction of sp³-hybridized carbons (Fsp3) is 0.0769. The van der Waals surface area contributed by atoms with Crippen LogP contribution in [0.2, 0.25) is 0 Å². The van der Waals surface area contributed by atoms with Crippen molar-refractivity contribution in [3.63, 3.8) is 0 Å². The van der Waals surface area contributed by atoms with E-state index in [1.807, 2.05) is 60.7 Å². The van der Waals surface area contributed by atoms with E-state index < -0.39 is 15.4 Å². The molecule has 0 radical (unpaired) electrons. The number of hydrogen-bond acceptors (Lipinski definition) is 3. The van der Waals surface area contributed by atoms with E-state index in [2.05, 4.69) is 30.4 Å². The Balaban J connectivity index is 1.71. The van der Waals surface area contributed by atoms with Crippen molar-refractivity contribution < 1.29 is 13.2 Å². The lowest BCUT2D eigenvalue weighted by Gasteiger charge is -2.36. The number of sulfone groups is 1. The van der Waals surface area contributed by atoms with Gasteiger partial charge < -0.3 is 4.74 Å². The number of rotatable bonds is 3. The highest BCUT2D eigenvalue weighted by atomic mass is 32.2. The van der Waals surface area contributed by atoms with Gasteiger partial charge in [-0.2, -0.15) is 0 Å². The molecule has 0 amide bonds. The molecule has 1 unspecified atom stereocenters. The first kappa shape index (κ1) is 18.6. The number of benzene rings is 4. The Morgan fingerprint density at radius 1 is 0.733 bits per heavy atom. The summed E-state index contributed by atoms with van der Waals surface area (Å²) in [5.74, 6) is 0.798. The third-order valence-electron chi connectivity index (χ3n) is 5.60. The lowest BCUT2D eigenvalue weighted by Crippen LogP contribution is -2.34. The van der Waals surface area contributed by atoms with Crippen molar-refractivity contribution in [1.29, 1.82) is 0 Å². The number of ether oxygens (including phenoxy) is 1. The molecule has 1 aliphatic rings. The molecule has 1 heterocycles. The van der Waals surface area contributed by atoms with Crippen LogP contribution in [-0.4, -0.2) is 14.7 Å². The molecule has 4 aromatic carbocycles. The molecular weight excluding hydrogens is 392 g/mol. The molecule has 0 spiro atoms. The summed E-state index contributed by atoms with van der Waals surface area (Å²) < 4.78 is 30.5. The van der Waals surface area contributed by atoms with E-state index in [4.69, 9.17) is 4.74 Å². The van der Waals surface area contributed by atoms with E-state index in [1.54, 1.807) is 12.1 Å². The van der Waals surface area contributed by atoms with Crippen LogP contribution in [0.4, 0.5) is 0 Å². The molecule has 0 saturated carbocycles. The van der Waals surface area contributed by atoms with Crippen LogP contribution in [0.15, 0.2) is 102 Å².